The Morgan fingerprint density at radius 1 is 1.41 bits per heavy atom. The van der Waals surface area contributed by atoms with Gasteiger partial charge in [0.05, 0.1) is 11.9 Å². The molecule has 0 aliphatic carbocycles. The van der Waals surface area contributed by atoms with Crippen LogP contribution in [0.5, 0.6) is 0 Å². The van der Waals surface area contributed by atoms with E-state index in [1.54, 1.807) is 18.2 Å². The summed E-state index contributed by atoms with van der Waals surface area (Å²) in [4.78, 5) is 4.02. The van der Waals surface area contributed by atoms with Gasteiger partial charge in [0.1, 0.15) is 17.6 Å². The van der Waals surface area contributed by atoms with E-state index < -0.39 is 10.0 Å². The summed E-state index contributed by atoms with van der Waals surface area (Å²) in [5, 5.41) is 11.7. The van der Waals surface area contributed by atoms with Crippen LogP contribution in [0.1, 0.15) is 25.0 Å². The van der Waals surface area contributed by atoms with Crippen molar-refractivity contribution in [1.82, 2.24) is 9.71 Å². The third-order valence-corrected chi connectivity index (χ3v) is 4.69. The van der Waals surface area contributed by atoms with Crippen molar-refractivity contribution in [2.45, 2.75) is 25.4 Å². The minimum absolute atomic E-state index is 0.0227. The molecule has 1 aliphatic heterocycles. The van der Waals surface area contributed by atoms with Gasteiger partial charge in [0, 0.05) is 19.7 Å². The zero-order valence-electron chi connectivity index (χ0n) is 12.3. The minimum atomic E-state index is -3.35. The summed E-state index contributed by atoms with van der Waals surface area (Å²) in [6, 6.07) is 6.91. The number of ether oxygens (including phenoxy) is 1. The third kappa shape index (κ3) is 5.60. The average molecular weight is 324 g/mol. The van der Waals surface area contributed by atoms with E-state index in [9.17, 15) is 8.42 Å². The van der Waals surface area contributed by atoms with Gasteiger partial charge in [0.25, 0.3) is 0 Å². The number of pyridine rings is 1. The van der Waals surface area contributed by atoms with E-state index in [4.69, 9.17) is 10.00 Å². The first-order valence-corrected chi connectivity index (χ1v) is 8.94. The smallest absolute Gasteiger partial charge is 0.213 e. The normalized spacial score (nSPS) is 18.6. The van der Waals surface area contributed by atoms with Crippen molar-refractivity contribution < 1.29 is 13.2 Å². The van der Waals surface area contributed by atoms with Crippen molar-refractivity contribution in [3.05, 3.63) is 23.9 Å². The van der Waals surface area contributed by atoms with Crippen LogP contribution < -0.4 is 10.0 Å². The van der Waals surface area contributed by atoms with Gasteiger partial charge < -0.3 is 10.1 Å². The molecule has 120 valence electrons. The lowest BCUT2D eigenvalue weighted by Crippen LogP contribution is -2.37. The van der Waals surface area contributed by atoms with E-state index in [1.807, 2.05) is 6.07 Å². The molecule has 1 aromatic heterocycles. The second-order valence-corrected chi connectivity index (χ2v) is 7.03. The highest BCUT2D eigenvalue weighted by molar-refractivity contribution is 7.89. The Balaban J connectivity index is 1.73. The molecule has 1 atom stereocenters. The van der Waals surface area contributed by atoms with Crippen LogP contribution in [0.2, 0.25) is 0 Å². The maximum Gasteiger partial charge on any atom is 0.213 e. The molecule has 1 aromatic rings. The summed E-state index contributed by atoms with van der Waals surface area (Å²) in [5.41, 5.74) is 0.292. The summed E-state index contributed by atoms with van der Waals surface area (Å²) < 4.78 is 31.9. The first-order chi connectivity index (χ1) is 10.6. The number of anilines is 1. The molecule has 0 amide bonds. The van der Waals surface area contributed by atoms with Crippen LogP contribution in [-0.2, 0) is 14.8 Å². The lowest BCUT2D eigenvalue weighted by molar-refractivity contribution is 0.0200. The second-order valence-electron chi connectivity index (χ2n) is 5.10. The largest absolute Gasteiger partial charge is 0.377 e. The monoisotopic (exact) mass is 324 g/mol. The van der Waals surface area contributed by atoms with Crippen molar-refractivity contribution in [3.63, 3.8) is 0 Å². The first-order valence-electron chi connectivity index (χ1n) is 7.29. The summed E-state index contributed by atoms with van der Waals surface area (Å²) in [6.45, 7) is 1.25. The number of hydrogen-bond acceptors (Lipinski definition) is 6. The van der Waals surface area contributed by atoms with Crippen LogP contribution in [0.15, 0.2) is 18.2 Å². The van der Waals surface area contributed by atoms with Crippen molar-refractivity contribution in [2.75, 3.05) is 30.8 Å². The fraction of sp³-hybridized carbons (Fsp3) is 0.571. The number of aromatic nitrogens is 1. The van der Waals surface area contributed by atoms with E-state index in [0.29, 0.717) is 24.7 Å². The Kier molecular flexibility index (Phi) is 6.12. The summed E-state index contributed by atoms with van der Waals surface area (Å²) in [6.07, 6.45) is 2.99. The molecule has 1 saturated heterocycles. The molecule has 7 nitrogen and oxygen atoms in total. The second kappa shape index (κ2) is 8.08. The molecule has 2 heterocycles. The quantitative estimate of drug-likeness (QED) is 0.770. The Morgan fingerprint density at radius 2 is 2.27 bits per heavy atom. The Bertz CT molecular complexity index is 621. The van der Waals surface area contributed by atoms with Gasteiger partial charge in [-0.1, -0.05) is 6.07 Å². The van der Waals surface area contributed by atoms with Crippen LogP contribution in [0.25, 0.3) is 0 Å². The molecule has 8 heteroatoms. The topological polar surface area (TPSA) is 104 Å². The van der Waals surface area contributed by atoms with Gasteiger partial charge in [0.2, 0.25) is 10.0 Å². The van der Waals surface area contributed by atoms with Gasteiger partial charge in [-0.2, -0.15) is 5.26 Å². The first kappa shape index (κ1) is 16.7. The number of nitriles is 1. The zero-order chi connectivity index (χ0) is 15.8. The van der Waals surface area contributed by atoms with Gasteiger partial charge in [-0.05, 0) is 31.4 Å². The van der Waals surface area contributed by atoms with Crippen molar-refractivity contribution in [2.24, 2.45) is 0 Å². The van der Waals surface area contributed by atoms with E-state index in [2.05, 4.69) is 15.0 Å². The highest BCUT2D eigenvalue weighted by atomic mass is 32.2. The summed E-state index contributed by atoms with van der Waals surface area (Å²) in [5.74, 6) is 0.433. The van der Waals surface area contributed by atoms with E-state index >= 15 is 0 Å². The highest BCUT2D eigenvalue weighted by Gasteiger charge is 2.17. The van der Waals surface area contributed by atoms with Crippen LogP contribution in [0.4, 0.5) is 5.82 Å². The van der Waals surface area contributed by atoms with Crippen LogP contribution in [0.3, 0.4) is 0 Å². The van der Waals surface area contributed by atoms with Crippen molar-refractivity contribution in [1.29, 1.82) is 5.26 Å². The Morgan fingerprint density at radius 3 is 3.00 bits per heavy atom. The van der Waals surface area contributed by atoms with Gasteiger partial charge >= 0.3 is 0 Å². The Labute approximate surface area is 130 Å². The number of hydrogen-bond donors (Lipinski definition) is 2. The lowest BCUT2D eigenvalue weighted by atomic mass is 10.1. The van der Waals surface area contributed by atoms with E-state index in [0.717, 1.165) is 19.3 Å². The van der Waals surface area contributed by atoms with Gasteiger partial charge in [-0.25, -0.2) is 18.1 Å². The molecule has 0 radical (unpaired) electrons. The molecule has 1 aliphatic rings. The molecule has 0 aromatic carbocycles. The SMILES string of the molecule is N#Cc1cccc(NCCS(=O)(=O)NCC2CCCCO2)n1. The van der Waals surface area contributed by atoms with Crippen LogP contribution in [-0.4, -0.2) is 45.0 Å². The summed E-state index contributed by atoms with van der Waals surface area (Å²) >= 11 is 0. The molecule has 0 bridgehead atoms. The van der Waals surface area contributed by atoms with Gasteiger partial charge in [-0.15, -0.1) is 0 Å². The predicted molar refractivity (Wildman–Crippen MR) is 82.8 cm³/mol. The number of nitrogens with one attached hydrogen (secondary N) is 2. The fourth-order valence-corrected chi connectivity index (χ4v) is 3.12. The van der Waals surface area contributed by atoms with Crippen LogP contribution in [0, 0.1) is 11.3 Å². The Hall–Kier alpha value is -1.69. The molecule has 2 N–H and O–H groups in total. The minimum Gasteiger partial charge on any atom is -0.377 e. The highest BCUT2D eigenvalue weighted by Crippen LogP contribution is 2.11. The maximum absolute atomic E-state index is 11.9. The van der Waals surface area contributed by atoms with E-state index in [1.165, 1.54) is 0 Å². The standard InChI is InChI=1S/C14H20N4O3S/c15-10-12-4-3-6-14(18-12)16-7-9-22(19,20)17-11-13-5-1-2-8-21-13/h3-4,6,13,17H,1-2,5,7-9,11H2,(H,16,18). The average Bonchev–Trinajstić information content (AvgIpc) is 2.54. The third-order valence-electron chi connectivity index (χ3n) is 3.35. The predicted octanol–water partition coefficient (Wildman–Crippen LogP) is 0.854. The van der Waals surface area contributed by atoms with E-state index in [-0.39, 0.29) is 18.4 Å². The number of sulfonamides is 1. The number of rotatable bonds is 7. The van der Waals surface area contributed by atoms with Crippen LogP contribution >= 0.6 is 0 Å². The summed E-state index contributed by atoms with van der Waals surface area (Å²) in [7, 11) is -3.35. The molecular weight excluding hydrogens is 304 g/mol. The zero-order valence-corrected chi connectivity index (χ0v) is 13.1. The molecule has 0 saturated carbocycles. The molecule has 0 spiro atoms. The molecule has 1 unspecified atom stereocenters. The van der Waals surface area contributed by atoms with Crippen molar-refractivity contribution >= 4 is 15.8 Å². The fourth-order valence-electron chi connectivity index (χ4n) is 2.17. The lowest BCUT2D eigenvalue weighted by Gasteiger charge is -2.22. The van der Waals surface area contributed by atoms with Gasteiger partial charge in [-0.3, -0.25) is 0 Å². The molecule has 22 heavy (non-hydrogen) atoms. The number of nitrogens with zero attached hydrogens (tertiary/aromatic N) is 2. The molecular formula is C14H20N4O3S. The van der Waals surface area contributed by atoms with Gasteiger partial charge in [0.15, 0.2) is 0 Å². The molecule has 1 fully saturated rings. The molecule has 2 rings (SSSR count). The maximum atomic E-state index is 11.9. The van der Waals surface area contributed by atoms with Crippen molar-refractivity contribution in [3.8, 4) is 6.07 Å².